The van der Waals surface area contributed by atoms with Crippen LogP contribution in [0.1, 0.15) is 33.1 Å². The number of hydrogen-bond acceptors (Lipinski definition) is 4. The summed E-state index contributed by atoms with van der Waals surface area (Å²) in [7, 11) is 0. The second-order valence-corrected chi connectivity index (χ2v) is 4.18. The first-order chi connectivity index (χ1) is 6.62. The van der Waals surface area contributed by atoms with Gasteiger partial charge in [0.05, 0.1) is 11.6 Å². The minimum atomic E-state index is -0.550. The summed E-state index contributed by atoms with van der Waals surface area (Å²) < 4.78 is 0. The molecule has 0 aromatic carbocycles. The molecule has 4 nitrogen and oxygen atoms in total. The molecule has 76 valence electrons. The van der Waals surface area contributed by atoms with Crippen LogP contribution in [0.4, 0.5) is 0 Å². The summed E-state index contributed by atoms with van der Waals surface area (Å²) in [5.74, 6) is 0.520. The maximum atomic E-state index is 10.3. The molecule has 1 aliphatic rings. The normalized spacial score (nSPS) is 36.7. The second kappa shape index (κ2) is 4.32. The Morgan fingerprint density at radius 1 is 1.36 bits per heavy atom. The van der Waals surface area contributed by atoms with Crippen LogP contribution < -0.4 is 0 Å². The smallest absolute Gasteiger partial charge is 0.211 e. The highest BCUT2D eigenvalue weighted by molar-refractivity contribution is 5.37. The van der Waals surface area contributed by atoms with Crippen LogP contribution in [0, 0.1) is 5.92 Å². The molecule has 0 aromatic heterocycles. The molecule has 4 heteroatoms. The zero-order valence-electron chi connectivity index (χ0n) is 8.49. The van der Waals surface area contributed by atoms with Crippen LogP contribution in [0.3, 0.4) is 0 Å². The van der Waals surface area contributed by atoms with Crippen LogP contribution in [-0.2, 0) is 9.59 Å². The Bertz CT molecular complexity index is 303. The zero-order valence-corrected chi connectivity index (χ0v) is 8.49. The van der Waals surface area contributed by atoms with Gasteiger partial charge in [0.2, 0.25) is 12.2 Å². The van der Waals surface area contributed by atoms with Gasteiger partial charge in [-0.15, -0.1) is 0 Å². The van der Waals surface area contributed by atoms with Gasteiger partial charge < -0.3 is 0 Å². The fourth-order valence-electron chi connectivity index (χ4n) is 1.95. The van der Waals surface area contributed by atoms with Crippen molar-refractivity contribution in [3.8, 4) is 0 Å². The lowest BCUT2D eigenvalue weighted by Crippen LogP contribution is -2.41. The topological polar surface area (TPSA) is 58.9 Å². The van der Waals surface area contributed by atoms with Gasteiger partial charge in [-0.05, 0) is 32.1 Å². The van der Waals surface area contributed by atoms with E-state index in [2.05, 4.69) is 16.9 Å². The van der Waals surface area contributed by atoms with Crippen molar-refractivity contribution >= 4 is 12.2 Å². The quantitative estimate of drug-likeness (QED) is 0.495. The van der Waals surface area contributed by atoms with Crippen LogP contribution in [0.25, 0.3) is 0 Å². The predicted molar refractivity (Wildman–Crippen MR) is 51.5 cm³/mol. The van der Waals surface area contributed by atoms with Gasteiger partial charge in [0.15, 0.2) is 0 Å². The molecule has 0 heterocycles. The molecule has 1 aliphatic carbocycles. The monoisotopic (exact) mass is 194 g/mol. The fraction of sp³-hybridized carbons (Fsp3) is 0.800. The summed E-state index contributed by atoms with van der Waals surface area (Å²) in [6.45, 7) is 3.95. The number of nitrogens with zero attached hydrogens (tertiary/aromatic N) is 2. The molecular formula is C10H14N2O2. The van der Waals surface area contributed by atoms with E-state index in [9.17, 15) is 9.59 Å². The molecule has 0 spiro atoms. The van der Waals surface area contributed by atoms with Crippen molar-refractivity contribution in [3.63, 3.8) is 0 Å². The third-order valence-corrected chi connectivity index (χ3v) is 3.00. The molecule has 0 aliphatic heterocycles. The second-order valence-electron chi connectivity index (χ2n) is 4.18. The minimum Gasteiger partial charge on any atom is -0.211 e. The van der Waals surface area contributed by atoms with Gasteiger partial charge in [0.1, 0.15) is 0 Å². The Kier molecular flexibility index (Phi) is 3.34. The molecule has 14 heavy (non-hydrogen) atoms. The fourth-order valence-corrected chi connectivity index (χ4v) is 1.95. The van der Waals surface area contributed by atoms with Crippen molar-refractivity contribution in [2.75, 3.05) is 0 Å². The lowest BCUT2D eigenvalue weighted by molar-refractivity contribution is 0.228. The van der Waals surface area contributed by atoms with Crippen LogP contribution >= 0.6 is 0 Å². The summed E-state index contributed by atoms with van der Waals surface area (Å²) in [5, 5.41) is 0. The Hall–Kier alpha value is -1.24. The first kappa shape index (κ1) is 10.8. The SMILES string of the molecule is CC1CCC(C)(N=C=O)C(N=C=O)C1. The highest BCUT2D eigenvalue weighted by Crippen LogP contribution is 2.36. The summed E-state index contributed by atoms with van der Waals surface area (Å²) in [6.07, 6.45) is 5.70. The number of hydrogen-bond donors (Lipinski definition) is 0. The van der Waals surface area contributed by atoms with Gasteiger partial charge in [-0.2, -0.15) is 9.98 Å². The lowest BCUT2D eigenvalue weighted by atomic mass is 9.75. The number of aliphatic imine (C=N–C) groups is 2. The van der Waals surface area contributed by atoms with Gasteiger partial charge in [0.25, 0.3) is 0 Å². The zero-order chi connectivity index (χ0) is 10.6. The molecule has 3 unspecified atom stereocenters. The Morgan fingerprint density at radius 3 is 2.64 bits per heavy atom. The van der Waals surface area contributed by atoms with Crippen molar-refractivity contribution in [1.82, 2.24) is 0 Å². The molecule has 1 fully saturated rings. The molecule has 0 N–H and O–H groups in total. The van der Waals surface area contributed by atoms with Gasteiger partial charge in [-0.1, -0.05) is 6.92 Å². The highest BCUT2D eigenvalue weighted by atomic mass is 16.1. The summed E-state index contributed by atoms with van der Waals surface area (Å²) >= 11 is 0. The molecule has 1 rings (SSSR count). The van der Waals surface area contributed by atoms with Gasteiger partial charge in [-0.25, -0.2) is 9.59 Å². The largest absolute Gasteiger partial charge is 0.235 e. The van der Waals surface area contributed by atoms with E-state index in [0.717, 1.165) is 19.3 Å². The van der Waals surface area contributed by atoms with Crippen LogP contribution in [0.15, 0.2) is 9.98 Å². The van der Waals surface area contributed by atoms with Crippen LogP contribution in [-0.4, -0.2) is 23.7 Å². The molecule has 1 saturated carbocycles. The minimum absolute atomic E-state index is 0.217. The first-order valence-electron chi connectivity index (χ1n) is 4.78. The van der Waals surface area contributed by atoms with Crippen molar-refractivity contribution in [2.24, 2.45) is 15.9 Å². The summed E-state index contributed by atoms with van der Waals surface area (Å²) in [4.78, 5) is 28.0. The Morgan fingerprint density at radius 2 is 2.07 bits per heavy atom. The summed E-state index contributed by atoms with van der Waals surface area (Å²) in [5.41, 5.74) is -0.550. The van der Waals surface area contributed by atoms with Crippen LogP contribution in [0.2, 0.25) is 0 Å². The third kappa shape index (κ3) is 2.16. The maximum absolute atomic E-state index is 10.3. The van der Waals surface area contributed by atoms with Gasteiger partial charge in [0, 0.05) is 0 Å². The molecule has 0 bridgehead atoms. The van der Waals surface area contributed by atoms with E-state index in [-0.39, 0.29) is 6.04 Å². The predicted octanol–water partition coefficient (Wildman–Crippen LogP) is 1.61. The van der Waals surface area contributed by atoms with E-state index >= 15 is 0 Å². The lowest BCUT2D eigenvalue weighted by Gasteiger charge is -2.36. The Balaban J connectivity index is 2.91. The summed E-state index contributed by atoms with van der Waals surface area (Å²) in [6, 6.07) is -0.217. The van der Waals surface area contributed by atoms with E-state index in [1.54, 1.807) is 12.2 Å². The van der Waals surface area contributed by atoms with E-state index in [1.807, 2.05) is 6.92 Å². The van der Waals surface area contributed by atoms with E-state index in [1.165, 1.54) is 0 Å². The average Bonchev–Trinajstić information content (AvgIpc) is 2.13. The van der Waals surface area contributed by atoms with E-state index in [0.29, 0.717) is 5.92 Å². The number of carbonyl (C=O) groups excluding carboxylic acids is 2. The third-order valence-electron chi connectivity index (χ3n) is 3.00. The van der Waals surface area contributed by atoms with E-state index < -0.39 is 5.54 Å². The van der Waals surface area contributed by atoms with Crippen molar-refractivity contribution < 1.29 is 9.59 Å². The van der Waals surface area contributed by atoms with Gasteiger partial charge in [-0.3, -0.25) is 0 Å². The first-order valence-corrected chi connectivity index (χ1v) is 4.78. The van der Waals surface area contributed by atoms with Gasteiger partial charge >= 0.3 is 0 Å². The molecule has 0 aromatic rings. The van der Waals surface area contributed by atoms with Crippen molar-refractivity contribution in [2.45, 2.75) is 44.7 Å². The molecule has 3 atom stereocenters. The number of isocyanates is 2. The van der Waals surface area contributed by atoms with Crippen LogP contribution in [0.5, 0.6) is 0 Å². The molecule has 0 saturated heterocycles. The van der Waals surface area contributed by atoms with Crippen molar-refractivity contribution in [1.29, 1.82) is 0 Å². The van der Waals surface area contributed by atoms with E-state index in [4.69, 9.17) is 0 Å². The molecule has 0 radical (unpaired) electrons. The molecule has 0 amide bonds. The average molecular weight is 194 g/mol. The van der Waals surface area contributed by atoms with Crippen molar-refractivity contribution in [3.05, 3.63) is 0 Å². The maximum Gasteiger partial charge on any atom is 0.235 e. The standard InChI is InChI=1S/C10H14N2O2/c1-8-3-4-10(2,12-7-14)9(5-8)11-6-13/h8-9H,3-5H2,1-2H3. The highest BCUT2D eigenvalue weighted by Gasteiger charge is 2.39. The number of rotatable bonds is 2. The molecular weight excluding hydrogens is 180 g/mol. The Labute approximate surface area is 83.1 Å².